The minimum atomic E-state index is -1.36. The fourth-order valence-electron chi connectivity index (χ4n) is 5.63. The maximum atomic E-state index is 12.2. The number of ether oxygens (including phenoxy) is 1. The number of aliphatic hydroxyl groups excluding tert-OH is 4. The van der Waals surface area contributed by atoms with Crippen molar-refractivity contribution in [3.8, 4) is 0 Å². The van der Waals surface area contributed by atoms with Gasteiger partial charge in [0, 0.05) is 11.3 Å². The number of allylic oxidation sites excluding steroid dienone is 2. The Hall–Kier alpha value is -1.47. The van der Waals surface area contributed by atoms with Crippen LogP contribution in [-0.2, 0) is 9.53 Å². The Labute approximate surface area is 166 Å². The number of carbonyl (C=O) groups is 1. The SMILES string of the molecule is C=C1CCC2[C@](C)(CO)[C@H](O)CC[C@@]2(C)[C@@H]1/C=C/C1=CC(CO)(CO)OC1=O. The predicted octanol–water partition coefficient (Wildman–Crippen LogP) is 1.49. The highest BCUT2D eigenvalue weighted by atomic mass is 16.6. The van der Waals surface area contributed by atoms with Crippen LogP contribution in [-0.4, -0.2) is 57.9 Å². The van der Waals surface area contributed by atoms with Gasteiger partial charge < -0.3 is 25.2 Å². The fourth-order valence-corrected chi connectivity index (χ4v) is 5.63. The monoisotopic (exact) mass is 392 g/mol. The Bertz CT molecular complexity index is 706. The summed E-state index contributed by atoms with van der Waals surface area (Å²) in [7, 11) is 0. The van der Waals surface area contributed by atoms with E-state index in [0.717, 1.165) is 24.8 Å². The zero-order valence-corrected chi connectivity index (χ0v) is 16.7. The predicted molar refractivity (Wildman–Crippen MR) is 104 cm³/mol. The van der Waals surface area contributed by atoms with Gasteiger partial charge >= 0.3 is 5.97 Å². The van der Waals surface area contributed by atoms with E-state index in [4.69, 9.17) is 4.74 Å². The molecule has 0 aromatic heterocycles. The number of aliphatic hydroxyl groups is 4. The first-order valence-corrected chi connectivity index (χ1v) is 9.98. The van der Waals surface area contributed by atoms with Crippen LogP contribution in [0.5, 0.6) is 0 Å². The molecular formula is C22H32O6. The number of fused-ring (bicyclic) bond motifs is 1. The lowest BCUT2D eigenvalue weighted by Gasteiger charge is -2.59. The molecule has 3 aliphatic rings. The summed E-state index contributed by atoms with van der Waals surface area (Å²) in [5.74, 6) is -0.439. The minimum absolute atomic E-state index is 0.00317. The van der Waals surface area contributed by atoms with E-state index in [0.29, 0.717) is 12.0 Å². The first kappa shape index (κ1) is 21.2. The molecule has 0 amide bonds. The van der Waals surface area contributed by atoms with Crippen molar-refractivity contribution in [2.75, 3.05) is 19.8 Å². The molecule has 1 aliphatic heterocycles. The van der Waals surface area contributed by atoms with Gasteiger partial charge in [-0.15, -0.1) is 0 Å². The van der Waals surface area contributed by atoms with E-state index in [-0.39, 0.29) is 23.9 Å². The molecule has 2 aliphatic carbocycles. The highest BCUT2D eigenvalue weighted by molar-refractivity contribution is 5.94. The van der Waals surface area contributed by atoms with Gasteiger partial charge in [0.05, 0.1) is 31.5 Å². The molecule has 6 heteroatoms. The van der Waals surface area contributed by atoms with E-state index >= 15 is 0 Å². The van der Waals surface area contributed by atoms with Crippen molar-refractivity contribution >= 4 is 5.97 Å². The van der Waals surface area contributed by atoms with Crippen LogP contribution in [0.4, 0.5) is 0 Å². The zero-order chi connectivity index (χ0) is 20.7. The van der Waals surface area contributed by atoms with Crippen LogP contribution in [0.3, 0.4) is 0 Å². The van der Waals surface area contributed by atoms with Gasteiger partial charge in [0.2, 0.25) is 0 Å². The number of rotatable bonds is 5. The average molecular weight is 392 g/mol. The number of hydrogen-bond acceptors (Lipinski definition) is 6. The first-order chi connectivity index (χ1) is 13.2. The maximum absolute atomic E-state index is 12.2. The molecule has 2 fully saturated rings. The van der Waals surface area contributed by atoms with E-state index in [1.807, 2.05) is 13.0 Å². The van der Waals surface area contributed by atoms with Crippen molar-refractivity contribution in [1.29, 1.82) is 0 Å². The van der Waals surface area contributed by atoms with Gasteiger partial charge in [-0.2, -0.15) is 0 Å². The molecule has 28 heavy (non-hydrogen) atoms. The van der Waals surface area contributed by atoms with Crippen molar-refractivity contribution in [3.05, 3.63) is 36.0 Å². The van der Waals surface area contributed by atoms with Gasteiger partial charge in [-0.05, 0) is 43.1 Å². The molecule has 3 rings (SSSR count). The van der Waals surface area contributed by atoms with E-state index < -0.39 is 36.3 Å². The molecule has 2 saturated carbocycles. The van der Waals surface area contributed by atoms with Gasteiger partial charge in [-0.1, -0.05) is 38.2 Å². The first-order valence-electron chi connectivity index (χ1n) is 9.98. The number of hydrogen-bond donors (Lipinski definition) is 4. The Morgan fingerprint density at radius 3 is 2.46 bits per heavy atom. The normalized spacial score (nSPS) is 40.4. The highest BCUT2D eigenvalue weighted by Crippen LogP contribution is 2.61. The minimum Gasteiger partial charge on any atom is -0.446 e. The summed E-state index contributed by atoms with van der Waals surface area (Å²) in [6, 6.07) is 0. The van der Waals surface area contributed by atoms with Crippen LogP contribution < -0.4 is 0 Å². The van der Waals surface area contributed by atoms with Crippen LogP contribution in [0.2, 0.25) is 0 Å². The van der Waals surface area contributed by atoms with Crippen LogP contribution in [0, 0.1) is 22.7 Å². The second-order valence-corrected chi connectivity index (χ2v) is 9.18. The Morgan fingerprint density at radius 1 is 1.21 bits per heavy atom. The van der Waals surface area contributed by atoms with Gasteiger partial charge in [-0.25, -0.2) is 4.79 Å². The standard InChI is InChI=1S/C22H32O6/c1-14-4-7-17-20(2,9-8-18(26)21(17,3)11-23)16(14)6-5-15-10-22(12-24,13-25)28-19(15)27/h5-6,10,16-18,23-26H,1,4,7-9,11-13H2,2-3H3/b6-5+/t16-,17?,18-,20+,21+/m1/s1. The van der Waals surface area contributed by atoms with Crippen molar-refractivity contribution < 1.29 is 30.0 Å². The number of cyclic esters (lactones) is 1. The summed E-state index contributed by atoms with van der Waals surface area (Å²) < 4.78 is 5.15. The van der Waals surface area contributed by atoms with Crippen molar-refractivity contribution in [2.45, 2.75) is 51.2 Å². The second-order valence-electron chi connectivity index (χ2n) is 9.18. The molecule has 156 valence electrons. The molecule has 6 nitrogen and oxygen atoms in total. The summed E-state index contributed by atoms with van der Waals surface area (Å²) in [5.41, 5.74) is -0.723. The Morgan fingerprint density at radius 2 is 1.89 bits per heavy atom. The molecule has 0 radical (unpaired) electrons. The topological polar surface area (TPSA) is 107 Å². The lowest BCUT2D eigenvalue weighted by atomic mass is 9.46. The Balaban J connectivity index is 1.92. The number of esters is 1. The second kappa shape index (κ2) is 7.41. The molecule has 0 bridgehead atoms. The molecule has 0 spiro atoms. The van der Waals surface area contributed by atoms with E-state index in [1.54, 1.807) is 6.08 Å². The van der Waals surface area contributed by atoms with Crippen LogP contribution in [0.1, 0.15) is 39.5 Å². The molecule has 4 N–H and O–H groups in total. The highest BCUT2D eigenvalue weighted by Gasteiger charge is 2.57. The van der Waals surface area contributed by atoms with Gasteiger partial charge in [0.1, 0.15) is 0 Å². The lowest BCUT2D eigenvalue weighted by molar-refractivity contribution is -0.152. The van der Waals surface area contributed by atoms with Crippen molar-refractivity contribution in [1.82, 2.24) is 0 Å². The smallest absolute Gasteiger partial charge is 0.338 e. The third kappa shape index (κ3) is 3.16. The zero-order valence-electron chi connectivity index (χ0n) is 16.7. The summed E-state index contributed by atoms with van der Waals surface area (Å²) in [6.45, 7) is 7.38. The summed E-state index contributed by atoms with van der Waals surface area (Å²) in [5, 5.41) is 39.5. The molecular weight excluding hydrogens is 360 g/mol. The quantitative estimate of drug-likeness (QED) is 0.417. The number of carbonyl (C=O) groups excluding carboxylic acids is 1. The van der Waals surface area contributed by atoms with Crippen LogP contribution in [0.15, 0.2) is 36.0 Å². The summed E-state index contributed by atoms with van der Waals surface area (Å²) in [4.78, 5) is 12.2. The Kier molecular flexibility index (Phi) is 5.62. The van der Waals surface area contributed by atoms with Gasteiger partial charge in [0.25, 0.3) is 0 Å². The van der Waals surface area contributed by atoms with E-state index in [9.17, 15) is 25.2 Å². The van der Waals surface area contributed by atoms with Crippen LogP contribution in [0.25, 0.3) is 0 Å². The van der Waals surface area contributed by atoms with Crippen molar-refractivity contribution in [2.24, 2.45) is 22.7 Å². The molecule has 0 saturated heterocycles. The molecule has 1 unspecified atom stereocenters. The summed E-state index contributed by atoms with van der Waals surface area (Å²) >= 11 is 0. The third-order valence-corrected chi connectivity index (χ3v) is 7.51. The van der Waals surface area contributed by atoms with E-state index in [2.05, 4.69) is 13.5 Å². The van der Waals surface area contributed by atoms with Crippen molar-refractivity contribution in [3.63, 3.8) is 0 Å². The molecule has 0 aromatic rings. The molecule has 1 heterocycles. The van der Waals surface area contributed by atoms with E-state index in [1.165, 1.54) is 6.08 Å². The van der Waals surface area contributed by atoms with Gasteiger partial charge in [0.15, 0.2) is 5.60 Å². The lowest BCUT2D eigenvalue weighted by Crippen LogP contribution is -2.57. The van der Waals surface area contributed by atoms with Gasteiger partial charge in [-0.3, -0.25) is 0 Å². The molecule has 0 aromatic carbocycles. The maximum Gasteiger partial charge on any atom is 0.338 e. The third-order valence-electron chi connectivity index (χ3n) is 7.51. The summed E-state index contributed by atoms with van der Waals surface area (Å²) in [6.07, 6.45) is 7.69. The fraction of sp³-hybridized carbons (Fsp3) is 0.682. The van der Waals surface area contributed by atoms with Crippen LogP contribution >= 0.6 is 0 Å². The largest absolute Gasteiger partial charge is 0.446 e. The average Bonchev–Trinajstić information content (AvgIpc) is 3.01. The molecule has 5 atom stereocenters.